The molecular formula is C11H6BrF3N2. The van der Waals surface area contributed by atoms with Crippen molar-refractivity contribution in [1.82, 2.24) is 4.98 Å². The summed E-state index contributed by atoms with van der Waals surface area (Å²) >= 11 is 3.18. The molecular weight excluding hydrogens is 297 g/mol. The summed E-state index contributed by atoms with van der Waals surface area (Å²) in [5.41, 5.74) is -0.304. The molecule has 0 spiro atoms. The zero-order valence-electron chi connectivity index (χ0n) is 8.35. The van der Waals surface area contributed by atoms with Crippen molar-refractivity contribution in [2.24, 2.45) is 0 Å². The molecule has 2 aromatic rings. The highest BCUT2D eigenvalue weighted by atomic mass is 79.9. The monoisotopic (exact) mass is 302 g/mol. The van der Waals surface area contributed by atoms with Gasteiger partial charge in [-0.3, -0.25) is 0 Å². The first-order valence-electron chi connectivity index (χ1n) is 4.60. The Morgan fingerprint density at radius 2 is 1.94 bits per heavy atom. The van der Waals surface area contributed by atoms with E-state index in [1.54, 1.807) is 12.1 Å². The van der Waals surface area contributed by atoms with Crippen molar-refractivity contribution >= 4 is 27.4 Å². The van der Waals surface area contributed by atoms with Gasteiger partial charge in [0.15, 0.2) is 11.6 Å². The molecule has 0 amide bonds. The fraction of sp³-hybridized carbons (Fsp3) is 0. The summed E-state index contributed by atoms with van der Waals surface area (Å²) in [4.78, 5) is 3.90. The lowest BCUT2D eigenvalue weighted by Gasteiger charge is -2.08. The van der Waals surface area contributed by atoms with Gasteiger partial charge in [0.1, 0.15) is 11.6 Å². The number of anilines is 2. The van der Waals surface area contributed by atoms with Crippen LogP contribution in [-0.4, -0.2) is 4.98 Å². The molecule has 17 heavy (non-hydrogen) atoms. The van der Waals surface area contributed by atoms with Crippen molar-refractivity contribution in [3.8, 4) is 0 Å². The first-order valence-corrected chi connectivity index (χ1v) is 5.39. The highest BCUT2D eigenvalue weighted by Crippen LogP contribution is 2.26. The van der Waals surface area contributed by atoms with Crippen LogP contribution in [0.2, 0.25) is 0 Å². The van der Waals surface area contributed by atoms with E-state index in [1.807, 2.05) is 0 Å². The van der Waals surface area contributed by atoms with Crippen LogP contribution in [0.15, 0.2) is 34.9 Å². The van der Waals surface area contributed by atoms with Gasteiger partial charge in [-0.25, -0.2) is 18.2 Å². The van der Waals surface area contributed by atoms with Crippen molar-refractivity contribution in [1.29, 1.82) is 0 Å². The van der Waals surface area contributed by atoms with Crippen LogP contribution < -0.4 is 5.32 Å². The van der Waals surface area contributed by atoms with Crippen LogP contribution in [0.5, 0.6) is 0 Å². The van der Waals surface area contributed by atoms with Crippen molar-refractivity contribution in [3.05, 3.63) is 52.4 Å². The Hall–Kier alpha value is -1.56. The third kappa shape index (κ3) is 2.58. The van der Waals surface area contributed by atoms with Crippen LogP contribution in [0.1, 0.15) is 0 Å². The standard InChI is InChI=1S/C11H6BrF3N2/c12-7-2-1-3-16-11(7)17-9-5-6(13)4-8(14)10(9)15/h1-5H,(H,16,17). The zero-order valence-corrected chi connectivity index (χ0v) is 9.93. The Balaban J connectivity index is 2.40. The number of nitrogens with one attached hydrogen (secondary N) is 1. The molecule has 0 fully saturated rings. The average Bonchev–Trinajstić information content (AvgIpc) is 2.28. The Morgan fingerprint density at radius 1 is 1.18 bits per heavy atom. The van der Waals surface area contributed by atoms with Crippen LogP contribution >= 0.6 is 15.9 Å². The highest BCUT2D eigenvalue weighted by molar-refractivity contribution is 9.10. The summed E-state index contributed by atoms with van der Waals surface area (Å²) in [6.07, 6.45) is 1.47. The van der Waals surface area contributed by atoms with Gasteiger partial charge in [-0.05, 0) is 28.1 Å². The van der Waals surface area contributed by atoms with Gasteiger partial charge in [0.25, 0.3) is 0 Å². The van der Waals surface area contributed by atoms with Gasteiger partial charge in [-0.1, -0.05) is 0 Å². The quantitative estimate of drug-likeness (QED) is 0.848. The van der Waals surface area contributed by atoms with Crippen molar-refractivity contribution in [2.75, 3.05) is 5.32 Å². The van der Waals surface area contributed by atoms with Crippen LogP contribution in [0, 0.1) is 17.5 Å². The molecule has 2 rings (SSSR count). The zero-order chi connectivity index (χ0) is 12.4. The Kier molecular flexibility index (Phi) is 3.33. The molecule has 0 aliphatic rings. The lowest BCUT2D eigenvalue weighted by molar-refractivity contribution is 0.498. The maximum Gasteiger partial charge on any atom is 0.182 e. The topological polar surface area (TPSA) is 24.9 Å². The number of aromatic nitrogens is 1. The van der Waals surface area contributed by atoms with E-state index in [0.717, 1.165) is 6.07 Å². The van der Waals surface area contributed by atoms with Gasteiger partial charge in [-0.15, -0.1) is 0 Å². The SMILES string of the molecule is Fc1cc(F)c(F)c(Nc2ncccc2Br)c1. The number of rotatable bonds is 2. The minimum atomic E-state index is -1.25. The molecule has 1 aromatic heterocycles. The summed E-state index contributed by atoms with van der Waals surface area (Å²) in [7, 11) is 0. The van der Waals surface area contributed by atoms with Crippen molar-refractivity contribution < 1.29 is 13.2 Å². The molecule has 6 heteroatoms. The second kappa shape index (κ2) is 4.75. The molecule has 0 atom stereocenters. The number of pyridine rings is 1. The van der Waals surface area contributed by atoms with E-state index in [0.29, 0.717) is 10.5 Å². The molecule has 0 aliphatic heterocycles. The van der Waals surface area contributed by atoms with E-state index in [1.165, 1.54) is 6.20 Å². The first kappa shape index (κ1) is 11.9. The minimum Gasteiger partial charge on any atom is -0.337 e. The summed E-state index contributed by atoms with van der Waals surface area (Å²) < 4.78 is 39.8. The lowest BCUT2D eigenvalue weighted by Crippen LogP contribution is -2.00. The van der Waals surface area contributed by atoms with E-state index in [4.69, 9.17) is 0 Å². The third-order valence-corrected chi connectivity index (χ3v) is 2.64. The molecule has 0 saturated carbocycles. The van der Waals surface area contributed by atoms with Crippen LogP contribution in [0.3, 0.4) is 0 Å². The molecule has 2 nitrogen and oxygen atoms in total. The summed E-state index contributed by atoms with van der Waals surface area (Å²) in [6.45, 7) is 0. The van der Waals surface area contributed by atoms with Gasteiger partial charge in [0, 0.05) is 18.3 Å². The second-order valence-corrected chi connectivity index (χ2v) is 4.06. The molecule has 1 aromatic carbocycles. The predicted molar refractivity (Wildman–Crippen MR) is 61.5 cm³/mol. The summed E-state index contributed by atoms with van der Waals surface area (Å²) in [6, 6.07) is 4.67. The van der Waals surface area contributed by atoms with Gasteiger partial charge in [-0.2, -0.15) is 0 Å². The fourth-order valence-electron chi connectivity index (χ4n) is 1.25. The van der Waals surface area contributed by atoms with E-state index in [-0.39, 0.29) is 11.5 Å². The summed E-state index contributed by atoms with van der Waals surface area (Å²) in [5, 5.41) is 2.51. The van der Waals surface area contributed by atoms with Gasteiger partial charge < -0.3 is 5.32 Å². The third-order valence-electron chi connectivity index (χ3n) is 2.00. The molecule has 0 bridgehead atoms. The van der Waals surface area contributed by atoms with Crippen LogP contribution in [-0.2, 0) is 0 Å². The van der Waals surface area contributed by atoms with Crippen LogP contribution in [0.4, 0.5) is 24.7 Å². The maximum atomic E-state index is 13.4. The van der Waals surface area contributed by atoms with E-state index in [9.17, 15) is 13.2 Å². The predicted octanol–water partition coefficient (Wildman–Crippen LogP) is 4.01. The number of nitrogens with zero attached hydrogens (tertiary/aromatic N) is 1. The molecule has 1 N–H and O–H groups in total. The minimum absolute atomic E-state index is 0.274. The average molecular weight is 303 g/mol. The fourth-order valence-corrected chi connectivity index (χ4v) is 1.61. The summed E-state index contributed by atoms with van der Waals surface area (Å²) in [5.74, 6) is -2.99. The maximum absolute atomic E-state index is 13.4. The van der Waals surface area contributed by atoms with Crippen molar-refractivity contribution in [3.63, 3.8) is 0 Å². The molecule has 0 saturated heterocycles. The largest absolute Gasteiger partial charge is 0.337 e. The smallest absolute Gasteiger partial charge is 0.182 e. The van der Waals surface area contributed by atoms with Gasteiger partial charge in [0.2, 0.25) is 0 Å². The lowest BCUT2D eigenvalue weighted by atomic mass is 10.2. The first-order chi connectivity index (χ1) is 8.08. The number of halogens is 4. The Morgan fingerprint density at radius 3 is 2.65 bits per heavy atom. The van der Waals surface area contributed by atoms with E-state index in [2.05, 4.69) is 26.2 Å². The molecule has 0 aliphatic carbocycles. The molecule has 88 valence electrons. The Labute approximate surface area is 104 Å². The number of benzene rings is 1. The van der Waals surface area contributed by atoms with Crippen LogP contribution in [0.25, 0.3) is 0 Å². The van der Waals surface area contributed by atoms with Gasteiger partial charge >= 0.3 is 0 Å². The van der Waals surface area contributed by atoms with Crippen molar-refractivity contribution in [2.45, 2.75) is 0 Å². The Bertz CT molecular complexity index is 560. The number of hydrogen-bond donors (Lipinski definition) is 1. The highest BCUT2D eigenvalue weighted by Gasteiger charge is 2.12. The normalized spacial score (nSPS) is 10.4. The molecule has 0 unspecified atom stereocenters. The molecule has 1 heterocycles. The van der Waals surface area contributed by atoms with E-state index < -0.39 is 17.5 Å². The molecule has 0 radical (unpaired) electrons. The van der Waals surface area contributed by atoms with E-state index >= 15 is 0 Å². The number of hydrogen-bond acceptors (Lipinski definition) is 2. The second-order valence-electron chi connectivity index (χ2n) is 3.21. The van der Waals surface area contributed by atoms with Gasteiger partial charge in [0.05, 0.1) is 10.2 Å².